The zero-order chi connectivity index (χ0) is 8.97. The molecule has 0 aliphatic carbocycles. The van der Waals surface area contributed by atoms with Crippen molar-refractivity contribution in [2.75, 3.05) is 0 Å². The van der Waals surface area contributed by atoms with E-state index in [2.05, 4.69) is 5.32 Å². The molecule has 1 atom stereocenters. The van der Waals surface area contributed by atoms with Crippen LogP contribution in [-0.2, 0) is 0 Å². The fourth-order valence-electron chi connectivity index (χ4n) is 0.880. The molecule has 0 bridgehead atoms. The van der Waals surface area contributed by atoms with E-state index in [1.165, 1.54) is 0 Å². The summed E-state index contributed by atoms with van der Waals surface area (Å²) in [5, 5.41) is 2.60. The van der Waals surface area contributed by atoms with Crippen molar-refractivity contribution >= 4 is 5.91 Å². The molecule has 0 saturated carbocycles. The Morgan fingerprint density at radius 1 is 1.42 bits per heavy atom. The minimum Gasteiger partial charge on any atom is -0.337 e. The van der Waals surface area contributed by atoms with Gasteiger partial charge < -0.3 is 11.1 Å². The number of hydrogen-bond donors (Lipinski definition) is 2. The Bertz CT molecular complexity index is 256. The zero-order valence-electron chi connectivity index (χ0n) is 6.95. The van der Waals surface area contributed by atoms with Gasteiger partial charge in [0.1, 0.15) is 0 Å². The second kappa shape index (κ2) is 3.88. The fraction of sp³-hybridized carbons (Fsp3) is 0.222. The number of carbonyl (C=O) groups is 1. The average Bonchev–Trinajstić information content (AvgIpc) is 2.05. The predicted octanol–water partition coefficient (Wildman–Crippen LogP) is 0.721. The standard InChI is InChI=1S/C9H12N2O/c1-7(10)11-9(12)8-5-3-2-4-6-8/h2-7H,10H2,1H3,(H,11,12). The molecule has 3 nitrogen and oxygen atoms in total. The summed E-state index contributed by atoms with van der Waals surface area (Å²) < 4.78 is 0. The molecule has 3 N–H and O–H groups in total. The summed E-state index contributed by atoms with van der Waals surface area (Å²) in [5.41, 5.74) is 6.03. The van der Waals surface area contributed by atoms with E-state index in [9.17, 15) is 4.79 Å². The maximum atomic E-state index is 11.3. The van der Waals surface area contributed by atoms with Crippen LogP contribution in [0.2, 0.25) is 0 Å². The second-order valence-corrected chi connectivity index (χ2v) is 2.63. The van der Waals surface area contributed by atoms with Crippen LogP contribution in [0.25, 0.3) is 0 Å². The first-order valence-corrected chi connectivity index (χ1v) is 3.81. The van der Waals surface area contributed by atoms with Gasteiger partial charge in [0.25, 0.3) is 5.91 Å². The predicted molar refractivity (Wildman–Crippen MR) is 47.6 cm³/mol. The maximum Gasteiger partial charge on any atom is 0.252 e. The van der Waals surface area contributed by atoms with Gasteiger partial charge in [-0.25, -0.2) is 0 Å². The number of benzene rings is 1. The fourth-order valence-corrected chi connectivity index (χ4v) is 0.880. The molecule has 0 saturated heterocycles. The average molecular weight is 164 g/mol. The SMILES string of the molecule is CC(N)NC(=O)c1ccccc1. The summed E-state index contributed by atoms with van der Waals surface area (Å²) in [6, 6.07) is 8.99. The number of nitrogens with two attached hydrogens (primary N) is 1. The summed E-state index contributed by atoms with van der Waals surface area (Å²) in [5.74, 6) is -0.134. The Hall–Kier alpha value is -1.35. The lowest BCUT2D eigenvalue weighted by molar-refractivity contribution is 0.0941. The first-order valence-electron chi connectivity index (χ1n) is 3.81. The second-order valence-electron chi connectivity index (χ2n) is 2.63. The number of rotatable bonds is 2. The van der Waals surface area contributed by atoms with Crippen LogP contribution >= 0.6 is 0 Å². The molecular formula is C9H12N2O. The summed E-state index contributed by atoms with van der Waals surface area (Å²) >= 11 is 0. The summed E-state index contributed by atoms with van der Waals surface area (Å²) in [4.78, 5) is 11.3. The molecule has 0 aliphatic rings. The Balaban J connectivity index is 2.66. The van der Waals surface area contributed by atoms with Gasteiger partial charge in [-0.15, -0.1) is 0 Å². The Morgan fingerprint density at radius 2 is 2.00 bits per heavy atom. The molecule has 1 unspecified atom stereocenters. The van der Waals surface area contributed by atoms with Crippen LogP contribution < -0.4 is 11.1 Å². The lowest BCUT2D eigenvalue weighted by Crippen LogP contribution is -2.38. The molecule has 1 rings (SSSR count). The van der Waals surface area contributed by atoms with E-state index < -0.39 is 0 Å². The molecule has 0 radical (unpaired) electrons. The normalized spacial score (nSPS) is 12.2. The van der Waals surface area contributed by atoms with E-state index in [-0.39, 0.29) is 12.1 Å². The van der Waals surface area contributed by atoms with E-state index in [1.54, 1.807) is 19.1 Å². The van der Waals surface area contributed by atoms with Gasteiger partial charge in [0.05, 0.1) is 6.17 Å². The molecular weight excluding hydrogens is 152 g/mol. The molecule has 0 aromatic heterocycles. The lowest BCUT2D eigenvalue weighted by Gasteiger charge is -2.07. The van der Waals surface area contributed by atoms with E-state index in [4.69, 9.17) is 5.73 Å². The minimum atomic E-state index is -0.308. The molecule has 1 amide bonds. The quantitative estimate of drug-likeness (QED) is 0.633. The monoisotopic (exact) mass is 164 g/mol. The van der Waals surface area contributed by atoms with Crippen molar-refractivity contribution < 1.29 is 4.79 Å². The van der Waals surface area contributed by atoms with Crippen molar-refractivity contribution in [2.24, 2.45) is 5.73 Å². The van der Waals surface area contributed by atoms with Gasteiger partial charge in [-0.05, 0) is 19.1 Å². The highest BCUT2D eigenvalue weighted by Gasteiger charge is 2.04. The summed E-state index contributed by atoms with van der Waals surface area (Å²) in [6.45, 7) is 1.72. The molecule has 0 fully saturated rings. The van der Waals surface area contributed by atoms with E-state index in [1.807, 2.05) is 18.2 Å². The maximum absolute atomic E-state index is 11.3. The van der Waals surface area contributed by atoms with Gasteiger partial charge in [0, 0.05) is 5.56 Å². The lowest BCUT2D eigenvalue weighted by atomic mass is 10.2. The smallest absolute Gasteiger partial charge is 0.252 e. The van der Waals surface area contributed by atoms with Crippen LogP contribution in [0.5, 0.6) is 0 Å². The van der Waals surface area contributed by atoms with Crippen LogP contribution in [0.1, 0.15) is 17.3 Å². The molecule has 1 aromatic rings. The molecule has 64 valence electrons. The first-order chi connectivity index (χ1) is 5.70. The van der Waals surface area contributed by atoms with Crippen molar-refractivity contribution in [3.8, 4) is 0 Å². The van der Waals surface area contributed by atoms with Crippen LogP contribution in [0, 0.1) is 0 Å². The topological polar surface area (TPSA) is 55.1 Å². The molecule has 3 heteroatoms. The van der Waals surface area contributed by atoms with Crippen molar-refractivity contribution in [3.63, 3.8) is 0 Å². The van der Waals surface area contributed by atoms with Gasteiger partial charge in [-0.2, -0.15) is 0 Å². The van der Waals surface area contributed by atoms with Gasteiger partial charge in [-0.1, -0.05) is 18.2 Å². The highest BCUT2D eigenvalue weighted by molar-refractivity contribution is 5.94. The van der Waals surface area contributed by atoms with Crippen molar-refractivity contribution in [3.05, 3.63) is 35.9 Å². The number of nitrogens with one attached hydrogen (secondary N) is 1. The number of carbonyl (C=O) groups excluding carboxylic acids is 1. The van der Waals surface area contributed by atoms with Crippen LogP contribution in [0.15, 0.2) is 30.3 Å². The minimum absolute atomic E-state index is 0.134. The van der Waals surface area contributed by atoms with E-state index in [0.717, 1.165) is 0 Å². The van der Waals surface area contributed by atoms with Gasteiger partial charge >= 0.3 is 0 Å². The molecule has 0 heterocycles. The van der Waals surface area contributed by atoms with Crippen LogP contribution in [-0.4, -0.2) is 12.1 Å². The summed E-state index contributed by atoms with van der Waals surface area (Å²) in [7, 11) is 0. The number of amides is 1. The largest absolute Gasteiger partial charge is 0.337 e. The molecule has 12 heavy (non-hydrogen) atoms. The van der Waals surface area contributed by atoms with Crippen LogP contribution in [0.3, 0.4) is 0 Å². The third kappa shape index (κ3) is 2.36. The number of hydrogen-bond acceptors (Lipinski definition) is 2. The Labute approximate surface area is 71.6 Å². The Kier molecular flexibility index (Phi) is 2.82. The van der Waals surface area contributed by atoms with Gasteiger partial charge in [-0.3, -0.25) is 4.79 Å². The van der Waals surface area contributed by atoms with Crippen molar-refractivity contribution in [1.82, 2.24) is 5.32 Å². The van der Waals surface area contributed by atoms with E-state index >= 15 is 0 Å². The Morgan fingerprint density at radius 3 is 2.50 bits per heavy atom. The highest BCUT2D eigenvalue weighted by atomic mass is 16.1. The molecule has 1 aromatic carbocycles. The molecule has 0 spiro atoms. The third-order valence-electron chi connectivity index (χ3n) is 1.39. The summed E-state index contributed by atoms with van der Waals surface area (Å²) in [6.07, 6.45) is -0.308. The van der Waals surface area contributed by atoms with Crippen LogP contribution in [0.4, 0.5) is 0 Å². The van der Waals surface area contributed by atoms with Gasteiger partial charge in [0.15, 0.2) is 0 Å². The van der Waals surface area contributed by atoms with E-state index in [0.29, 0.717) is 5.56 Å². The molecule has 0 aliphatic heterocycles. The highest BCUT2D eigenvalue weighted by Crippen LogP contribution is 1.97. The van der Waals surface area contributed by atoms with Crippen molar-refractivity contribution in [1.29, 1.82) is 0 Å². The zero-order valence-corrected chi connectivity index (χ0v) is 6.95. The van der Waals surface area contributed by atoms with Gasteiger partial charge in [0.2, 0.25) is 0 Å². The third-order valence-corrected chi connectivity index (χ3v) is 1.39. The van der Waals surface area contributed by atoms with Crippen molar-refractivity contribution in [2.45, 2.75) is 13.1 Å². The first kappa shape index (κ1) is 8.74.